The van der Waals surface area contributed by atoms with Crippen LogP contribution in [0.4, 0.5) is 5.69 Å². The van der Waals surface area contributed by atoms with Crippen LogP contribution in [0.3, 0.4) is 0 Å². The molecule has 1 N–H and O–H groups in total. The van der Waals surface area contributed by atoms with Gasteiger partial charge in [0.2, 0.25) is 11.8 Å². The topological polar surface area (TPSA) is 96.0 Å². The van der Waals surface area contributed by atoms with Crippen molar-refractivity contribution < 1.29 is 22.7 Å². The van der Waals surface area contributed by atoms with E-state index in [1.54, 1.807) is 93.8 Å². The largest absolute Gasteiger partial charge is 0.497 e. The van der Waals surface area contributed by atoms with E-state index in [0.29, 0.717) is 18.0 Å². The molecule has 1 unspecified atom stereocenters. The number of hydrogen-bond acceptors (Lipinski definition) is 5. The molecule has 0 bridgehead atoms. The normalized spacial score (nSPS) is 11.9. The van der Waals surface area contributed by atoms with Crippen molar-refractivity contribution in [3.05, 3.63) is 90.5 Å². The Morgan fingerprint density at radius 2 is 1.50 bits per heavy atom. The molecule has 0 aromatic heterocycles. The Bertz CT molecular complexity index is 1250. The predicted molar refractivity (Wildman–Crippen MR) is 139 cm³/mol. The molecule has 0 aliphatic heterocycles. The average Bonchev–Trinajstić information content (AvgIpc) is 2.91. The second-order valence-corrected chi connectivity index (χ2v) is 9.96. The molecule has 0 heterocycles. The molecule has 36 heavy (non-hydrogen) atoms. The number of methoxy groups -OCH3 is 1. The summed E-state index contributed by atoms with van der Waals surface area (Å²) in [7, 11) is -2.49. The maximum Gasteiger partial charge on any atom is 0.264 e. The number of benzene rings is 3. The van der Waals surface area contributed by atoms with Gasteiger partial charge < -0.3 is 15.0 Å². The van der Waals surface area contributed by atoms with Gasteiger partial charge in [-0.3, -0.25) is 13.9 Å². The number of rotatable bonds is 11. The van der Waals surface area contributed by atoms with Crippen molar-refractivity contribution in [3.8, 4) is 5.75 Å². The van der Waals surface area contributed by atoms with Crippen LogP contribution in [0.25, 0.3) is 0 Å². The van der Waals surface area contributed by atoms with Crippen molar-refractivity contribution in [1.82, 2.24) is 10.2 Å². The van der Waals surface area contributed by atoms with Crippen molar-refractivity contribution in [2.24, 2.45) is 0 Å². The number of ether oxygens (including phenoxy) is 1. The monoisotopic (exact) mass is 509 g/mol. The quantitative estimate of drug-likeness (QED) is 0.427. The number of carbonyl (C=O) groups is 2. The lowest BCUT2D eigenvalue weighted by Crippen LogP contribution is -2.51. The molecular weight excluding hydrogens is 478 g/mol. The van der Waals surface area contributed by atoms with Crippen LogP contribution in [0.1, 0.15) is 19.4 Å². The van der Waals surface area contributed by atoms with Gasteiger partial charge in [0, 0.05) is 13.1 Å². The second kappa shape index (κ2) is 12.2. The summed E-state index contributed by atoms with van der Waals surface area (Å²) in [6.45, 7) is 3.48. The van der Waals surface area contributed by atoms with E-state index in [-0.39, 0.29) is 17.3 Å². The average molecular weight is 510 g/mol. The minimum Gasteiger partial charge on any atom is -0.497 e. The minimum absolute atomic E-state index is 0.0696. The minimum atomic E-state index is -4.05. The van der Waals surface area contributed by atoms with Crippen molar-refractivity contribution in [1.29, 1.82) is 0 Å². The molecule has 3 aromatic rings. The highest BCUT2D eigenvalue weighted by atomic mass is 32.2. The van der Waals surface area contributed by atoms with E-state index in [0.717, 1.165) is 9.87 Å². The number of nitrogens with zero attached hydrogens (tertiary/aromatic N) is 2. The summed E-state index contributed by atoms with van der Waals surface area (Å²) in [5.74, 6) is -0.165. The van der Waals surface area contributed by atoms with E-state index < -0.39 is 28.5 Å². The number of hydrogen-bond donors (Lipinski definition) is 1. The van der Waals surface area contributed by atoms with Gasteiger partial charge in [-0.05, 0) is 55.8 Å². The van der Waals surface area contributed by atoms with Gasteiger partial charge >= 0.3 is 0 Å². The highest BCUT2D eigenvalue weighted by Gasteiger charge is 2.32. The lowest BCUT2D eigenvalue weighted by Gasteiger charge is -2.32. The van der Waals surface area contributed by atoms with E-state index in [1.807, 2.05) is 0 Å². The van der Waals surface area contributed by atoms with Crippen LogP contribution in [0.5, 0.6) is 5.75 Å². The Morgan fingerprint density at radius 1 is 0.917 bits per heavy atom. The third-order valence-electron chi connectivity index (χ3n) is 5.68. The first-order valence-corrected chi connectivity index (χ1v) is 13.0. The van der Waals surface area contributed by atoms with Crippen LogP contribution in [0.2, 0.25) is 0 Å². The van der Waals surface area contributed by atoms with Crippen LogP contribution in [-0.2, 0) is 26.2 Å². The first kappa shape index (κ1) is 26.7. The molecule has 190 valence electrons. The molecule has 0 spiro atoms. The maximum absolute atomic E-state index is 13.7. The van der Waals surface area contributed by atoms with Gasteiger partial charge in [-0.2, -0.15) is 0 Å². The van der Waals surface area contributed by atoms with Gasteiger partial charge in [-0.15, -0.1) is 0 Å². The zero-order chi connectivity index (χ0) is 26.1. The molecule has 0 aliphatic carbocycles. The lowest BCUT2D eigenvalue weighted by molar-refractivity contribution is -0.139. The predicted octanol–water partition coefficient (Wildman–Crippen LogP) is 3.44. The zero-order valence-electron chi connectivity index (χ0n) is 20.6. The van der Waals surface area contributed by atoms with E-state index in [2.05, 4.69) is 5.32 Å². The second-order valence-electron chi connectivity index (χ2n) is 8.10. The standard InChI is InChI=1S/C27H31N3O5S/c1-4-28-27(32)21(2)29(19-22-15-17-24(35-3)18-16-22)26(31)20-30(23-11-7-5-8-12-23)36(33,34)25-13-9-6-10-14-25/h5-18,21H,4,19-20H2,1-3H3,(H,28,32). The first-order valence-electron chi connectivity index (χ1n) is 11.6. The summed E-state index contributed by atoms with van der Waals surface area (Å²) in [4.78, 5) is 27.9. The Labute approximate surface area is 212 Å². The fourth-order valence-corrected chi connectivity index (χ4v) is 5.11. The van der Waals surface area contributed by atoms with E-state index >= 15 is 0 Å². The van der Waals surface area contributed by atoms with Crippen LogP contribution in [0, 0.1) is 0 Å². The van der Waals surface area contributed by atoms with Crippen LogP contribution in [0.15, 0.2) is 89.8 Å². The summed E-state index contributed by atoms with van der Waals surface area (Å²) in [5, 5.41) is 2.74. The summed E-state index contributed by atoms with van der Waals surface area (Å²) < 4.78 is 33.5. The number of nitrogens with one attached hydrogen (secondary N) is 1. The van der Waals surface area contributed by atoms with Crippen molar-refractivity contribution in [3.63, 3.8) is 0 Å². The number of para-hydroxylation sites is 1. The smallest absolute Gasteiger partial charge is 0.264 e. The van der Waals surface area contributed by atoms with Crippen molar-refractivity contribution in [2.75, 3.05) is 24.5 Å². The lowest BCUT2D eigenvalue weighted by atomic mass is 10.1. The Balaban J connectivity index is 1.97. The molecule has 8 nitrogen and oxygen atoms in total. The molecule has 0 saturated carbocycles. The molecule has 0 aliphatic rings. The summed E-state index contributed by atoms with van der Waals surface area (Å²) in [6.07, 6.45) is 0. The zero-order valence-corrected chi connectivity index (χ0v) is 21.4. The number of carbonyl (C=O) groups excluding carboxylic acids is 2. The van der Waals surface area contributed by atoms with Gasteiger partial charge in [0.25, 0.3) is 10.0 Å². The molecule has 1 atom stereocenters. The van der Waals surface area contributed by atoms with E-state index in [9.17, 15) is 18.0 Å². The summed E-state index contributed by atoms with van der Waals surface area (Å²) in [5.41, 5.74) is 1.13. The molecule has 0 fully saturated rings. The van der Waals surface area contributed by atoms with Gasteiger partial charge in [0.05, 0.1) is 17.7 Å². The van der Waals surface area contributed by atoms with E-state index in [1.165, 1.54) is 17.0 Å². The van der Waals surface area contributed by atoms with Gasteiger partial charge in [-0.1, -0.05) is 48.5 Å². The molecule has 9 heteroatoms. The number of sulfonamides is 1. The van der Waals surface area contributed by atoms with Gasteiger partial charge in [-0.25, -0.2) is 8.42 Å². The maximum atomic E-state index is 13.7. The Hall–Kier alpha value is -3.85. The van der Waals surface area contributed by atoms with Crippen molar-refractivity contribution >= 4 is 27.5 Å². The number of amides is 2. The number of likely N-dealkylation sites (N-methyl/N-ethyl adjacent to an activating group) is 1. The molecule has 3 aromatic carbocycles. The third-order valence-corrected chi connectivity index (χ3v) is 7.47. The summed E-state index contributed by atoms with van der Waals surface area (Å²) in [6, 6.07) is 22.7. The third kappa shape index (κ3) is 6.42. The highest BCUT2D eigenvalue weighted by Crippen LogP contribution is 2.24. The molecule has 0 saturated heterocycles. The fourth-order valence-electron chi connectivity index (χ4n) is 3.67. The first-order chi connectivity index (χ1) is 17.3. The molecular formula is C27H31N3O5S. The summed E-state index contributed by atoms with van der Waals surface area (Å²) >= 11 is 0. The van der Waals surface area contributed by atoms with Crippen LogP contribution < -0.4 is 14.4 Å². The van der Waals surface area contributed by atoms with Crippen molar-refractivity contribution in [2.45, 2.75) is 31.3 Å². The fraction of sp³-hybridized carbons (Fsp3) is 0.259. The van der Waals surface area contributed by atoms with Gasteiger partial charge in [0.15, 0.2) is 0 Å². The molecule has 3 rings (SSSR count). The highest BCUT2D eigenvalue weighted by molar-refractivity contribution is 7.92. The molecule has 0 radical (unpaired) electrons. The SMILES string of the molecule is CCNC(=O)C(C)N(Cc1ccc(OC)cc1)C(=O)CN(c1ccccc1)S(=O)(=O)c1ccccc1. The number of anilines is 1. The molecule has 2 amide bonds. The Kier molecular flexibility index (Phi) is 9.08. The van der Waals surface area contributed by atoms with Gasteiger partial charge in [0.1, 0.15) is 18.3 Å². The van der Waals surface area contributed by atoms with Crippen LogP contribution in [-0.4, -0.2) is 51.4 Å². The van der Waals surface area contributed by atoms with E-state index in [4.69, 9.17) is 4.74 Å². The van der Waals surface area contributed by atoms with Crippen LogP contribution >= 0.6 is 0 Å². The Morgan fingerprint density at radius 3 is 2.06 bits per heavy atom.